The zero-order valence-electron chi connectivity index (χ0n) is 21.3. The van der Waals surface area contributed by atoms with Crippen LogP contribution in [-0.2, 0) is 35.5 Å². The van der Waals surface area contributed by atoms with Crippen LogP contribution >= 0.6 is 23.1 Å². The Morgan fingerprint density at radius 3 is 2.70 bits per heavy atom. The van der Waals surface area contributed by atoms with Crippen LogP contribution in [-0.4, -0.2) is 27.3 Å². The van der Waals surface area contributed by atoms with E-state index in [1.165, 1.54) is 11.8 Å². The predicted molar refractivity (Wildman–Crippen MR) is 152 cm³/mol. The van der Waals surface area contributed by atoms with Crippen molar-refractivity contribution in [1.82, 2.24) is 9.55 Å². The third-order valence-corrected chi connectivity index (χ3v) is 8.83. The van der Waals surface area contributed by atoms with E-state index in [1.807, 2.05) is 49.4 Å². The van der Waals surface area contributed by atoms with E-state index in [1.54, 1.807) is 15.9 Å². The summed E-state index contributed by atoms with van der Waals surface area (Å²) < 4.78 is 7.82. The van der Waals surface area contributed by atoms with Gasteiger partial charge in [0.2, 0.25) is 5.91 Å². The summed E-state index contributed by atoms with van der Waals surface area (Å²) in [6.07, 6.45) is 1.54. The number of ether oxygens (including phenoxy) is 1. The number of nitrogens with zero attached hydrogens (tertiary/aromatic N) is 2. The van der Waals surface area contributed by atoms with E-state index >= 15 is 0 Å². The maximum atomic E-state index is 13.9. The number of fused-ring (bicyclic) bond motifs is 3. The van der Waals surface area contributed by atoms with E-state index in [-0.39, 0.29) is 23.3 Å². The second-order valence-electron chi connectivity index (χ2n) is 9.72. The normalized spacial score (nSPS) is 15.2. The Morgan fingerprint density at radius 1 is 1.19 bits per heavy atom. The Kier molecular flexibility index (Phi) is 7.79. The van der Waals surface area contributed by atoms with Crippen LogP contribution in [0.4, 0.5) is 5.69 Å². The van der Waals surface area contributed by atoms with Crippen molar-refractivity contribution in [2.24, 2.45) is 5.92 Å². The molecule has 0 saturated carbocycles. The van der Waals surface area contributed by atoms with Crippen molar-refractivity contribution >= 4 is 44.9 Å². The van der Waals surface area contributed by atoms with Gasteiger partial charge in [0.1, 0.15) is 4.83 Å². The molecule has 1 aliphatic rings. The first-order valence-corrected chi connectivity index (χ1v) is 14.4. The Hall–Kier alpha value is -2.94. The molecule has 6 nitrogen and oxygen atoms in total. The third kappa shape index (κ3) is 5.66. The van der Waals surface area contributed by atoms with Gasteiger partial charge < -0.3 is 10.1 Å². The minimum absolute atomic E-state index is 0.0235. The van der Waals surface area contributed by atoms with Crippen molar-refractivity contribution in [2.45, 2.75) is 58.0 Å². The molecule has 8 heteroatoms. The second-order valence-corrected chi connectivity index (χ2v) is 11.7. The maximum Gasteiger partial charge on any atom is 0.263 e. The van der Waals surface area contributed by atoms with Crippen molar-refractivity contribution in [2.75, 3.05) is 11.1 Å². The molecule has 3 heterocycles. The highest BCUT2D eigenvalue weighted by molar-refractivity contribution is 7.99. The van der Waals surface area contributed by atoms with Crippen LogP contribution in [0.2, 0.25) is 0 Å². The molecule has 0 saturated heterocycles. The number of aryl methyl sites for hydroxylation is 2. The average Bonchev–Trinajstić information content (AvgIpc) is 3.26. The topological polar surface area (TPSA) is 73.2 Å². The predicted octanol–water partition coefficient (Wildman–Crippen LogP) is 5.84. The van der Waals surface area contributed by atoms with E-state index < -0.39 is 0 Å². The summed E-state index contributed by atoms with van der Waals surface area (Å²) in [6.45, 7) is 7.28. The van der Waals surface area contributed by atoms with Crippen LogP contribution in [0.5, 0.6) is 0 Å². The zero-order chi connectivity index (χ0) is 25.9. The van der Waals surface area contributed by atoms with Gasteiger partial charge in [-0.15, -0.1) is 11.3 Å². The molecule has 1 N–H and O–H groups in total. The molecule has 2 aromatic carbocycles. The zero-order valence-corrected chi connectivity index (χ0v) is 23.0. The lowest BCUT2D eigenvalue weighted by atomic mass is 9.96. The van der Waals surface area contributed by atoms with Crippen LogP contribution in [0.3, 0.4) is 0 Å². The highest BCUT2D eigenvalue weighted by atomic mass is 32.2. The molecule has 37 heavy (non-hydrogen) atoms. The van der Waals surface area contributed by atoms with Crippen LogP contribution in [0.25, 0.3) is 10.2 Å². The third-order valence-electron chi connectivity index (χ3n) is 6.76. The summed E-state index contributed by atoms with van der Waals surface area (Å²) in [5, 5.41) is 4.27. The van der Waals surface area contributed by atoms with E-state index in [4.69, 9.17) is 9.72 Å². The first-order chi connectivity index (χ1) is 17.9. The molecule has 1 aliphatic heterocycles. The smallest absolute Gasteiger partial charge is 0.263 e. The molecule has 5 rings (SSSR count). The number of nitrogens with one attached hydrogen (secondary N) is 1. The number of para-hydroxylation sites is 1. The van der Waals surface area contributed by atoms with Gasteiger partial charge in [-0.1, -0.05) is 74.1 Å². The highest BCUT2D eigenvalue weighted by Crippen LogP contribution is 2.36. The lowest BCUT2D eigenvalue weighted by Gasteiger charge is -2.26. The number of anilines is 1. The number of amides is 1. The fourth-order valence-corrected chi connectivity index (χ4v) is 6.58. The number of aromatic nitrogens is 2. The maximum absolute atomic E-state index is 13.9. The first kappa shape index (κ1) is 25.7. The van der Waals surface area contributed by atoms with Gasteiger partial charge in [-0.3, -0.25) is 14.2 Å². The van der Waals surface area contributed by atoms with Gasteiger partial charge in [0.15, 0.2) is 5.16 Å². The summed E-state index contributed by atoms with van der Waals surface area (Å²) >= 11 is 2.85. The standard InChI is InChI=1S/C29H31N3O3S2/c1-18(2)23-15-21-24(16-35-23)37-27-26(21)28(34)32(14-13-20-10-5-4-6-11-20)29(31-27)36-17-25(33)30-22-12-8-7-9-19(22)3/h4-12,18,23H,13-17H2,1-3H3,(H,30,33)/t23-/m1/s1. The van der Waals surface area contributed by atoms with Crippen molar-refractivity contribution in [3.05, 3.63) is 86.5 Å². The number of carbonyl (C=O) groups excluding carboxylic acids is 1. The Balaban J connectivity index is 1.46. The number of rotatable bonds is 8. The summed E-state index contributed by atoms with van der Waals surface area (Å²) in [5.74, 6) is 0.418. The minimum atomic E-state index is -0.123. The first-order valence-electron chi connectivity index (χ1n) is 12.6. The number of hydrogen-bond donors (Lipinski definition) is 1. The number of carbonyl (C=O) groups is 1. The Bertz CT molecular complexity index is 1480. The summed E-state index contributed by atoms with van der Waals surface area (Å²) in [6, 6.07) is 17.8. The molecule has 0 unspecified atom stereocenters. The fourth-order valence-electron chi connectivity index (χ4n) is 4.59. The van der Waals surface area contributed by atoms with Crippen molar-refractivity contribution in [3.63, 3.8) is 0 Å². The summed E-state index contributed by atoms with van der Waals surface area (Å²) in [5.41, 5.74) is 4.02. The molecule has 192 valence electrons. The lowest BCUT2D eigenvalue weighted by Crippen LogP contribution is -2.29. The SMILES string of the molecule is Cc1ccccc1NC(=O)CSc1nc2sc3c(c2c(=O)n1CCc1ccccc1)C[C@H](C(C)C)OC3. The van der Waals surface area contributed by atoms with E-state index in [2.05, 4.69) is 31.3 Å². The van der Waals surface area contributed by atoms with E-state index in [0.29, 0.717) is 30.6 Å². The molecule has 0 radical (unpaired) electrons. The van der Waals surface area contributed by atoms with Crippen LogP contribution in [0.15, 0.2) is 64.5 Å². The van der Waals surface area contributed by atoms with Gasteiger partial charge in [0.05, 0.1) is 23.8 Å². The Labute approximate surface area is 225 Å². The van der Waals surface area contributed by atoms with Crippen molar-refractivity contribution in [1.29, 1.82) is 0 Å². The van der Waals surface area contributed by atoms with Gasteiger partial charge in [0, 0.05) is 23.5 Å². The van der Waals surface area contributed by atoms with Gasteiger partial charge in [-0.05, 0) is 42.0 Å². The number of hydrogen-bond acceptors (Lipinski definition) is 6. The van der Waals surface area contributed by atoms with Gasteiger partial charge >= 0.3 is 0 Å². The monoisotopic (exact) mass is 533 g/mol. The van der Waals surface area contributed by atoms with Crippen molar-refractivity contribution < 1.29 is 9.53 Å². The molecule has 4 aromatic rings. The molecule has 0 bridgehead atoms. The number of thioether (sulfide) groups is 1. The quantitative estimate of drug-likeness (QED) is 0.228. The van der Waals surface area contributed by atoms with Gasteiger partial charge in [-0.2, -0.15) is 0 Å². The van der Waals surface area contributed by atoms with E-state index in [9.17, 15) is 9.59 Å². The number of benzene rings is 2. The largest absolute Gasteiger partial charge is 0.372 e. The van der Waals surface area contributed by atoms with Crippen LogP contribution in [0, 0.1) is 12.8 Å². The molecule has 0 fully saturated rings. The van der Waals surface area contributed by atoms with Crippen molar-refractivity contribution in [3.8, 4) is 0 Å². The fraction of sp³-hybridized carbons (Fsp3) is 0.345. The molecular formula is C29H31N3O3S2. The second kappa shape index (κ2) is 11.2. The average molecular weight is 534 g/mol. The molecule has 0 spiro atoms. The van der Waals surface area contributed by atoms with Crippen LogP contribution in [0.1, 0.15) is 35.4 Å². The molecule has 1 atom stereocenters. The van der Waals surface area contributed by atoms with E-state index in [0.717, 1.165) is 43.9 Å². The summed E-state index contributed by atoms with van der Waals surface area (Å²) in [7, 11) is 0. The van der Waals surface area contributed by atoms with Crippen LogP contribution < -0.4 is 10.9 Å². The molecular weight excluding hydrogens is 502 g/mol. The molecule has 1 amide bonds. The highest BCUT2D eigenvalue weighted by Gasteiger charge is 2.28. The molecule has 2 aromatic heterocycles. The Morgan fingerprint density at radius 2 is 1.95 bits per heavy atom. The van der Waals surface area contributed by atoms with Gasteiger partial charge in [0.25, 0.3) is 5.56 Å². The lowest BCUT2D eigenvalue weighted by molar-refractivity contribution is -0.113. The van der Waals surface area contributed by atoms with Gasteiger partial charge in [-0.25, -0.2) is 4.98 Å². The summed E-state index contributed by atoms with van der Waals surface area (Å²) in [4.78, 5) is 33.5. The minimum Gasteiger partial charge on any atom is -0.372 e. The molecule has 0 aliphatic carbocycles. The number of thiophene rings is 1.